The number of halogens is 1. The number of carbonyl (C=O) groups is 2. The Morgan fingerprint density at radius 3 is 2.50 bits per heavy atom. The summed E-state index contributed by atoms with van der Waals surface area (Å²) >= 11 is 0. The van der Waals surface area contributed by atoms with Gasteiger partial charge in [0.1, 0.15) is 17.4 Å². The first kappa shape index (κ1) is 24.4. The van der Waals surface area contributed by atoms with E-state index in [9.17, 15) is 9.59 Å². The van der Waals surface area contributed by atoms with Crippen LogP contribution in [0.4, 0.5) is 15.8 Å². The van der Waals surface area contributed by atoms with E-state index in [1.807, 2.05) is 0 Å². The fraction of sp³-hybridized carbons (Fsp3) is 0.250. The van der Waals surface area contributed by atoms with Crippen LogP contribution < -0.4 is 27.8 Å². The molecule has 0 spiro atoms. The monoisotopic (exact) mass is 465 g/mol. The van der Waals surface area contributed by atoms with Crippen molar-refractivity contribution in [2.24, 2.45) is 11.1 Å². The quantitative estimate of drug-likeness (QED) is 0.292. The molecule has 0 bridgehead atoms. The van der Waals surface area contributed by atoms with Crippen molar-refractivity contribution in [2.45, 2.75) is 33.9 Å². The number of aromatic nitrogens is 1. The highest BCUT2D eigenvalue weighted by Crippen LogP contribution is 2.37. The smallest absolute Gasteiger partial charge is 0.253 e. The van der Waals surface area contributed by atoms with Crippen LogP contribution >= 0.6 is 0 Å². The molecular weight excluding hydrogens is 437 g/mol. The molecular formula is C24H28FN7O2. The van der Waals surface area contributed by atoms with E-state index in [0.29, 0.717) is 22.4 Å². The van der Waals surface area contributed by atoms with Gasteiger partial charge < -0.3 is 33.2 Å². The second-order valence-electron chi connectivity index (χ2n) is 8.98. The van der Waals surface area contributed by atoms with Crippen molar-refractivity contribution < 1.29 is 14.0 Å². The summed E-state index contributed by atoms with van der Waals surface area (Å²) in [7, 11) is 0. The van der Waals surface area contributed by atoms with Crippen LogP contribution in [-0.2, 0) is 4.79 Å². The second kappa shape index (κ2) is 8.97. The van der Waals surface area contributed by atoms with E-state index in [1.165, 1.54) is 0 Å². The summed E-state index contributed by atoms with van der Waals surface area (Å²) < 4.78 is 15.7. The summed E-state index contributed by atoms with van der Waals surface area (Å²) in [6.45, 7) is 7.00. The normalized spacial score (nSPS) is 15.3. The third-order valence-corrected chi connectivity index (χ3v) is 5.47. The van der Waals surface area contributed by atoms with Crippen LogP contribution in [-0.4, -0.2) is 29.2 Å². The fourth-order valence-corrected chi connectivity index (χ4v) is 3.59. The van der Waals surface area contributed by atoms with Gasteiger partial charge in [0.2, 0.25) is 5.91 Å². The summed E-state index contributed by atoms with van der Waals surface area (Å²) in [5.41, 5.74) is 18.0. The van der Waals surface area contributed by atoms with E-state index >= 15 is 4.39 Å². The van der Waals surface area contributed by atoms with Crippen molar-refractivity contribution in [3.8, 4) is 11.3 Å². The van der Waals surface area contributed by atoms with Gasteiger partial charge in [-0.25, -0.2) is 9.37 Å². The van der Waals surface area contributed by atoms with Gasteiger partial charge in [0.15, 0.2) is 5.82 Å². The van der Waals surface area contributed by atoms with Gasteiger partial charge in [-0.05, 0) is 30.8 Å². The molecule has 0 radical (unpaired) electrons. The number of carbonyl (C=O) groups excluding carboxylic acids is 2. The molecule has 34 heavy (non-hydrogen) atoms. The third-order valence-electron chi connectivity index (χ3n) is 5.47. The molecule has 1 atom stereocenters. The highest BCUT2D eigenvalue weighted by Gasteiger charge is 2.31. The minimum absolute atomic E-state index is 0.0600. The average molecular weight is 466 g/mol. The summed E-state index contributed by atoms with van der Waals surface area (Å²) in [5.74, 6) is -2.37. The number of hydrogen-bond acceptors (Lipinski definition) is 7. The molecule has 0 aliphatic carbocycles. The Labute approximate surface area is 196 Å². The Bertz CT molecular complexity index is 1260. The number of nitrogens with zero attached hydrogens (tertiary/aromatic N) is 1. The average Bonchev–Trinajstić information content (AvgIpc) is 2.75. The molecule has 2 aromatic rings. The maximum atomic E-state index is 15.7. The number of aryl methyl sites for hydroxylation is 1. The first-order valence-electron chi connectivity index (χ1n) is 10.5. The molecule has 9 nitrogen and oxygen atoms in total. The summed E-state index contributed by atoms with van der Waals surface area (Å²) in [4.78, 5) is 29.4. The summed E-state index contributed by atoms with van der Waals surface area (Å²) in [6, 6.07) is 3.34. The van der Waals surface area contributed by atoms with Gasteiger partial charge >= 0.3 is 0 Å². The van der Waals surface area contributed by atoms with Crippen LogP contribution in [0.15, 0.2) is 30.5 Å². The lowest BCUT2D eigenvalue weighted by Gasteiger charge is -2.28. The van der Waals surface area contributed by atoms with E-state index in [-0.39, 0.29) is 28.6 Å². The molecule has 9 N–H and O–H groups in total. The van der Waals surface area contributed by atoms with Crippen LogP contribution in [0, 0.1) is 23.6 Å². The number of nitrogens with one attached hydrogen (secondary N) is 3. The molecule has 178 valence electrons. The molecule has 2 heterocycles. The first-order valence-corrected chi connectivity index (χ1v) is 10.5. The van der Waals surface area contributed by atoms with Gasteiger partial charge in [-0.1, -0.05) is 32.9 Å². The minimum atomic E-state index is -1.08. The van der Waals surface area contributed by atoms with E-state index in [0.717, 1.165) is 6.21 Å². The number of hydrogen-bond donors (Lipinski definition) is 6. The van der Waals surface area contributed by atoms with E-state index in [4.69, 9.17) is 22.6 Å². The molecule has 1 aromatic carbocycles. The van der Waals surface area contributed by atoms with Crippen LogP contribution in [0.1, 0.15) is 48.0 Å². The highest BCUT2D eigenvalue weighted by atomic mass is 19.1. The number of rotatable bonds is 5. The van der Waals surface area contributed by atoms with Crippen LogP contribution in [0.5, 0.6) is 0 Å². The molecule has 1 aromatic heterocycles. The number of amides is 2. The van der Waals surface area contributed by atoms with Crippen molar-refractivity contribution in [2.75, 3.05) is 11.5 Å². The number of primary amides is 1. The molecule has 1 aliphatic rings. The standard InChI is InChI=1S/C24H28FN7O2/c1-11-7-8-14(27)13(10-26)15(11)20-18(28)16(21(29)33)17(25)19(31-20)12-6-5-9-30-22(12)32-23(34)24(2,3)4/h5-10,22,26,30H,27-28H2,1-4H3,(H2,29,33)(H,32,34). The lowest BCUT2D eigenvalue weighted by molar-refractivity contribution is -0.129. The van der Waals surface area contributed by atoms with Crippen LogP contribution in [0.2, 0.25) is 0 Å². The van der Waals surface area contributed by atoms with Crippen molar-refractivity contribution >= 4 is 35.0 Å². The maximum absolute atomic E-state index is 15.7. The number of nitrogens with two attached hydrogens (primary N) is 3. The Balaban J connectivity index is 2.31. The Morgan fingerprint density at radius 1 is 1.24 bits per heavy atom. The van der Waals surface area contributed by atoms with Crippen molar-refractivity contribution in [1.29, 1.82) is 5.41 Å². The zero-order valence-corrected chi connectivity index (χ0v) is 19.4. The third kappa shape index (κ3) is 4.34. The highest BCUT2D eigenvalue weighted by molar-refractivity contribution is 6.05. The number of anilines is 2. The molecule has 1 aliphatic heterocycles. The lowest BCUT2D eigenvalue weighted by Crippen LogP contribution is -2.49. The summed E-state index contributed by atoms with van der Waals surface area (Å²) in [5, 5.41) is 13.6. The van der Waals surface area contributed by atoms with E-state index in [1.54, 1.807) is 58.2 Å². The lowest BCUT2D eigenvalue weighted by atomic mass is 9.92. The molecule has 2 amide bonds. The van der Waals surface area contributed by atoms with Gasteiger partial charge in [0.05, 0.1) is 11.4 Å². The Morgan fingerprint density at radius 2 is 1.91 bits per heavy atom. The summed E-state index contributed by atoms with van der Waals surface area (Å²) in [6.07, 6.45) is 4.99. The molecule has 3 rings (SSSR count). The van der Waals surface area contributed by atoms with Crippen molar-refractivity contribution in [3.63, 3.8) is 0 Å². The molecule has 10 heteroatoms. The van der Waals surface area contributed by atoms with Crippen LogP contribution in [0.3, 0.4) is 0 Å². The maximum Gasteiger partial charge on any atom is 0.253 e. The largest absolute Gasteiger partial charge is 0.398 e. The van der Waals surface area contributed by atoms with Gasteiger partial charge in [0.25, 0.3) is 5.91 Å². The van der Waals surface area contributed by atoms with Gasteiger partial charge in [-0.15, -0.1) is 0 Å². The molecule has 0 fully saturated rings. The van der Waals surface area contributed by atoms with Crippen LogP contribution in [0.25, 0.3) is 16.8 Å². The topological polar surface area (TPSA) is 173 Å². The SMILES string of the molecule is Cc1ccc(N)c(C=N)c1-c1nc(C2=CC=CNC2NC(=O)C(C)(C)C)c(F)c(C(N)=O)c1N. The number of dihydropyridines is 1. The zero-order valence-electron chi connectivity index (χ0n) is 19.4. The molecule has 0 saturated heterocycles. The molecule has 0 saturated carbocycles. The second-order valence-corrected chi connectivity index (χ2v) is 8.98. The van der Waals surface area contributed by atoms with Gasteiger partial charge in [-0.3, -0.25) is 9.59 Å². The first-order chi connectivity index (χ1) is 15.9. The Hall–Kier alpha value is -4.21. The number of nitrogen functional groups attached to an aromatic ring is 2. The van der Waals surface area contributed by atoms with Crippen molar-refractivity contribution in [1.82, 2.24) is 15.6 Å². The predicted molar refractivity (Wildman–Crippen MR) is 131 cm³/mol. The van der Waals surface area contributed by atoms with Gasteiger partial charge in [-0.2, -0.15) is 0 Å². The molecule has 1 unspecified atom stereocenters. The van der Waals surface area contributed by atoms with E-state index in [2.05, 4.69) is 15.6 Å². The minimum Gasteiger partial charge on any atom is -0.398 e. The fourth-order valence-electron chi connectivity index (χ4n) is 3.59. The number of benzene rings is 1. The van der Waals surface area contributed by atoms with Crippen molar-refractivity contribution in [3.05, 3.63) is 58.7 Å². The predicted octanol–water partition coefficient (Wildman–Crippen LogP) is 2.45. The Kier molecular flexibility index (Phi) is 6.45. The zero-order chi connectivity index (χ0) is 25.4. The number of allylic oxidation sites excluding steroid dienone is 2. The van der Waals surface area contributed by atoms with Gasteiger partial charge in [0, 0.05) is 34.0 Å². The number of pyridine rings is 1. The van der Waals surface area contributed by atoms with E-state index < -0.39 is 28.9 Å².